The third kappa shape index (κ3) is 1.65. The highest BCUT2D eigenvalue weighted by molar-refractivity contribution is 9.10. The Bertz CT molecular complexity index is 351. The minimum atomic E-state index is -0.456. The van der Waals surface area contributed by atoms with Crippen molar-refractivity contribution in [2.75, 3.05) is 5.73 Å². The summed E-state index contributed by atoms with van der Waals surface area (Å²) < 4.78 is 0.572. The lowest BCUT2D eigenvalue weighted by Gasteiger charge is -2.05. The molecule has 2 N–H and O–H groups in total. The summed E-state index contributed by atoms with van der Waals surface area (Å²) in [6, 6.07) is 1.78. The Kier molecular flexibility index (Phi) is 2.56. The van der Waals surface area contributed by atoms with E-state index < -0.39 is 4.92 Å². The topological polar surface area (TPSA) is 69.2 Å². The van der Waals surface area contributed by atoms with Gasteiger partial charge in [-0.15, -0.1) is 0 Å². The molecule has 0 atom stereocenters. The molecule has 0 bridgehead atoms. The molecule has 0 aliphatic heterocycles. The summed E-state index contributed by atoms with van der Waals surface area (Å²) in [5.41, 5.74) is 7.22. The first-order valence-corrected chi connectivity index (χ1v) is 4.44. The van der Waals surface area contributed by atoms with Crippen molar-refractivity contribution in [3.05, 3.63) is 31.8 Å². The number of nitrogens with zero attached hydrogens (tertiary/aromatic N) is 1. The number of nitrogen functional groups attached to an aromatic ring is 1. The van der Waals surface area contributed by atoms with Crippen LogP contribution in [-0.4, -0.2) is 4.92 Å². The van der Waals surface area contributed by atoms with Crippen LogP contribution in [0.3, 0.4) is 0 Å². The highest BCUT2D eigenvalue weighted by Gasteiger charge is 2.19. The van der Waals surface area contributed by atoms with Crippen molar-refractivity contribution in [3.63, 3.8) is 0 Å². The second kappa shape index (κ2) is 3.33. The van der Waals surface area contributed by atoms with Crippen LogP contribution in [0, 0.1) is 24.0 Å². The maximum Gasteiger partial charge on any atom is 0.296 e. The number of nitro benzene ring substituents is 1. The predicted molar refractivity (Wildman–Crippen MR) is 54.7 cm³/mol. The summed E-state index contributed by atoms with van der Waals surface area (Å²) in [5.74, 6) is 0. The van der Waals surface area contributed by atoms with E-state index in [1.165, 1.54) is 0 Å². The standard InChI is InChI=1S/C8H9BrN2O2/c1-4-3-6(9)7(10)8(5(4)2)11(12)13/h3H,10H2,1-2H3. The number of nitro groups is 1. The average Bonchev–Trinajstić information content (AvgIpc) is 2.01. The van der Waals surface area contributed by atoms with E-state index >= 15 is 0 Å². The summed E-state index contributed by atoms with van der Waals surface area (Å²) in [4.78, 5) is 10.2. The van der Waals surface area contributed by atoms with E-state index in [0.29, 0.717) is 10.0 Å². The minimum Gasteiger partial charge on any atom is -0.392 e. The summed E-state index contributed by atoms with van der Waals surface area (Å²) in [6.07, 6.45) is 0. The lowest BCUT2D eigenvalue weighted by molar-refractivity contribution is -0.384. The van der Waals surface area contributed by atoms with Crippen LogP contribution < -0.4 is 5.73 Å². The zero-order chi connectivity index (χ0) is 10.2. The van der Waals surface area contributed by atoms with Crippen LogP contribution in [0.5, 0.6) is 0 Å². The average molecular weight is 245 g/mol. The van der Waals surface area contributed by atoms with Crippen LogP contribution >= 0.6 is 15.9 Å². The Morgan fingerprint density at radius 2 is 2.08 bits per heavy atom. The minimum absolute atomic E-state index is 0.00752. The number of aryl methyl sites for hydroxylation is 1. The van der Waals surface area contributed by atoms with Crippen molar-refractivity contribution in [1.29, 1.82) is 0 Å². The molecule has 5 heteroatoms. The van der Waals surface area contributed by atoms with Crippen LogP contribution in [0.2, 0.25) is 0 Å². The highest BCUT2D eigenvalue weighted by atomic mass is 79.9. The van der Waals surface area contributed by atoms with E-state index in [9.17, 15) is 10.1 Å². The number of halogens is 1. The van der Waals surface area contributed by atoms with Gasteiger partial charge in [0, 0.05) is 10.0 Å². The van der Waals surface area contributed by atoms with Gasteiger partial charge in [-0.2, -0.15) is 0 Å². The van der Waals surface area contributed by atoms with Gasteiger partial charge in [0.15, 0.2) is 0 Å². The predicted octanol–water partition coefficient (Wildman–Crippen LogP) is 2.56. The Balaban J connectivity index is 3.56. The lowest BCUT2D eigenvalue weighted by Crippen LogP contribution is -2.00. The van der Waals surface area contributed by atoms with E-state index in [-0.39, 0.29) is 11.4 Å². The maximum absolute atomic E-state index is 10.7. The number of anilines is 1. The molecule has 0 saturated heterocycles. The summed E-state index contributed by atoms with van der Waals surface area (Å²) in [7, 11) is 0. The molecule has 0 radical (unpaired) electrons. The molecule has 0 amide bonds. The van der Waals surface area contributed by atoms with Gasteiger partial charge in [-0.05, 0) is 41.4 Å². The van der Waals surface area contributed by atoms with Crippen LogP contribution in [0.4, 0.5) is 11.4 Å². The molecule has 0 fully saturated rings. The van der Waals surface area contributed by atoms with Gasteiger partial charge in [0.1, 0.15) is 5.69 Å². The smallest absolute Gasteiger partial charge is 0.296 e. The van der Waals surface area contributed by atoms with Crippen molar-refractivity contribution in [2.45, 2.75) is 13.8 Å². The van der Waals surface area contributed by atoms with E-state index in [2.05, 4.69) is 15.9 Å². The molecule has 70 valence electrons. The zero-order valence-electron chi connectivity index (χ0n) is 7.30. The van der Waals surface area contributed by atoms with Crippen molar-refractivity contribution >= 4 is 27.3 Å². The fraction of sp³-hybridized carbons (Fsp3) is 0.250. The first kappa shape index (κ1) is 9.98. The Hall–Kier alpha value is -1.10. The summed E-state index contributed by atoms with van der Waals surface area (Å²) in [5, 5.41) is 10.7. The molecule has 1 rings (SSSR count). The van der Waals surface area contributed by atoms with Gasteiger partial charge in [0.05, 0.1) is 4.92 Å². The molecular formula is C8H9BrN2O2. The number of nitrogens with two attached hydrogens (primary N) is 1. The fourth-order valence-electron chi connectivity index (χ4n) is 1.11. The van der Waals surface area contributed by atoms with E-state index in [1.807, 2.05) is 6.92 Å². The monoisotopic (exact) mass is 244 g/mol. The largest absolute Gasteiger partial charge is 0.392 e. The molecule has 0 aromatic heterocycles. The number of rotatable bonds is 1. The van der Waals surface area contributed by atoms with Crippen molar-refractivity contribution < 1.29 is 4.92 Å². The Morgan fingerprint density at radius 1 is 1.54 bits per heavy atom. The second-order valence-corrected chi connectivity index (χ2v) is 3.67. The number of benzene rings is 1. The molecular weight excluding hydrogens is 236 g/mol. The molecule has 0 heterocycles. The first-order chi connectivity index (χ1) is 5.95. The SMILES string of the molecule is Cc1cc(Br)c(N)c([N+](=O)[O-])c1C. The van der Waals surface area contributed by atoms with Crippen LogP contribution in [0.25, 0.3) is 0 Å². The molecule has 0 saturated carbocycles. The quantitative estimate of drug-likeness (QED) is 0.469. The van der Waals surface area contributed by atoms with Crippen molar-refractivity contribution in [2.24, 2.45) is 0 Å². The van der Waals surface area contributed by atoms with Crippen molar-refractivity contribution in [3.8, 4) is 0 Å². The zero-order valence-corrected chi connectivity index (χ0v) is 8.88. The highest BCUT2D eigenvalue weighted by Crippen LogP contribution is 2.34. The fourth-order valence-corrected chi connectivity index (χ4v) is 1.64. The second-order valence-electron chi connectivity index (χ2n) is 2.82. The molecule has 0 aliphatic carbocycles. The lowest BCUT2D eigenvalue weighted by atomic mass is 10.1. The molecule has 4 nitrogen and oxygen atoms in total. The van der Waals surface area contributed by atoms with Gasteiger partial charge in [-0.1, -0.05) is 0 Å². The molecule has 0 spiro atoms. The Morgan fingerprint density at radius 3 is 2.54 bits per heavy atom. The number of hydrogen-bond acceptors (Lipinski definition) is 3. The van der Waals surface area contributed by atoms with Gasteiger partial charge >= 0.3 is 0 Å². The van der Waals surface area contributed by atoms with E-state index in [0.717, 1.165) is 5.56 Å². The maximum atomic E-state index is 10.7. The van der Waals surface area contributed by atoms with Crippen molar-refractivity contribution in [1.82, 2.24) is 0 Å². The third-order valence-electron chi connectivity index (χ3n) is 1.98. The Labute approximate surface area is 84.0 Å². The molecule has 0 aliphatic rings. The molecule has 13 heavy (non-hydrogen) atoms. The van der Waals surface area contributed by atoms with Gasteiger partial charge in [-0.3, -0.25) is 10.1 Å². The molecule has 1 aromatic rings. The summed E-state index contributed by atoms with van der Waals surface area (Å²) >= 11 is 3.17. The van der Waals surface area contributed by atoms with Gasteiger partial charge < -0.3 is 5.73 Å². The number of hydrogen-bond donors (Lipinski definition) is 1. The molecule has 0 unspecified atom stereocenters. The molecule has 1 aromatic carbocycles. The van der Waals surface area contributed by atoms with E-state index in [1.54, 1.807) is 13.0 Å². The van der Waals surface area contributed by atoms with Gasteiger partial charge in [-0.25, -0.2) is 0 Å². The van der Waals surface area contributed by atoms with Crippen LogP contribution in [0.15, 0.2) is 10.5 Å². The first-order valence-electron chi connectivity index (χ1n) is 3.64. The van der Waals surface area contributed by atoms with Gasteiger partial charge in [0.2, 0.25) is 0 Å². The van der Waals surface area contributed by atoms with Gasteiger partial charge in [0.25, 0.3) is 5.69 Å². The normalized spacial score (nSPS) is 10.1. The van der Waals surface area contributed by atoms with Crippen LogP contribution in [0.1, 0.15) is 11.1 Å². The van der Waals surface area contributed by atoms with E-state index in [4.69, 9.17) is 5.73 Å². The van der Waals surface area contributed by atoms with Crippen LogP contribution in [-0.2, 0) is 0 Å². The third-order valence-corrected chi connectivity index (χ3v) is 2.64. The summed E-state index contributed by atoms with van der Waals surface area (Å²) in [6.45, 7) is 3.50.